The summed E-state index contributed by atoms with van der Waals surface area (Å²) in [6, 6.07) is 24.3. The van der Waals surface area contributed by atoms with Gasteiger partial charge in [-0.3, -0.25) is 0 Å². The molecule has 0 saturated carbocycles. The molecular formula is C24H20BrNO4. The van der Waals surface area contributed by atoms with E-state index in [9.17, 15) is 4.79 Å². The molecule has 5 rings (SSSR count). The quantitative estimate of drug-likeness (QED) is 0.497. The zero-order valence-electron chi connectivity index (χ0n) is 16.3. The normalized spacial score (nSPS) is 24.1. The molecule has 2 aliphatic rings. The van der Waals surface area contributed by atoms with Crippen molar-refractivity contribution in [1.29, 1.82) is 0 Å². The molecule has 5 nitrogen and oxygen atoms in total. The number of rotatable bonds is 4. The van der Waals surface area contributed by atoms with Crippen molar-refractivity contribution in [3.63, 3.8) is 0 Å². The van der Waals surface area contributed by atoms with Gasteiger partial charge in [-0.2, -0.15) is 0 Å². The minimum Gasteiger partial charge on any atom is -0.464 e. The predicted octanol–water partition coefficient (Wildman–Crippen LogP) is 5.16. The highest BCUT2D eigenvalue weighted by Crippen LogP contribution is 2.55. The maximum atomic E-state index is 13.3. The van der Waals surface area contributed by atoms with Crippen LogP contribution in [0.5, 0.6) is 5.75 Å². The first-order chi connectivity index (χ1) is 14.6. The van der Waals surface area contributed by atoms with Gasteiger partial charge in [0.15, 0.2) is 6.23 Å². The Labute approximate surface area is 183 Å². The summed E-state index contributed by atoms with van der Waals surface area (Å²) in [5.74, 6) is -1.01. The number of fused-ring (bicyclic) bond motifs is 4. The summed E-state index contributed by atoms with van der Waals surface area (Å²) in [5.41, 5.74) is 2.49. The topological polar surface area (TPSA) is 48.0 Å². The third-order valence-corrected chi connectivity index (χ3v) is 5.96. The molecule has 152 valence electrons. The van der Waals surface area contributed by atoms with Gasteiger partial charge in [-0.25, -0.2) is 4.79 Å². The molecule has 1 fully saturated rings. The number of para-hydroxylation sites is 1. The molecule has 3 aromatic carbocycles. The van der Waals surface area contributed by atoms with Crippen molar-refractivity contribution in [2.24, 2.45) is 0 Å². The van der Waals surface area contributed by atoms with Gasteiger partial charge in [0.2, 0.25) is 6.04 Å². The molecule has 2 aliphatic heterocycles. The van der Waals surface area contributed by atoms with Crippen LogP contribution >= 0.6 is 15.9 Å². The lowest BCUT2D eigenvalue weighted by atomic mass is 9.97. The molecule has 1 saturated heterocycles. The minimum atomic E-state index is -1.32. The van der Waals surface area contributed by atoms with Crippen LogP contribution in [-0.2, 0) is 20.1 Å². The first kappa shape index (κ1) is 19.2. The van der Waals surface area contributed by atoms with Crippen LogP contribution in [0, 0.1) is 0 Å². The highest BCUT2D eigenvalue weighted by Gasteiger charge is 2.64. The Bertz CT molecular complexity index is 1070. The Morgan fingerprint density at radius 3 is 2.47 bits per heavy atom. The lowest BCUT2D eigenvalue weighted by Gasteiger charge is -2.36. The van der Waals surface area contributed by atoms with E-state index in [1.165, 1.54) is 0 Å². The summed E-state index contributed by atoms with van der Waals surface area (Å²) in [4.78, 5) is 15.3. The standard InChI is InChI=1S/C24H20BrNO4/c1-2-28-23(27)21-24(16-8-4-3-5-9-16)29-20-11-7-6-10-19(20)22(30-24)26(21)18-14-12-17(25)13-15-18/h3-15,21-22H,2H2,1H3/t21-,22-,24-/m0/s1. The average molecular weight is 466 g/mol. The van der Waals surface area contributed by atoms with Crippen molar-refractivity contribution in [3.8, 4) is 5.75 Å². The Balaban J connectivity index is 1.75. The smallest absolute Gasteiger partial charge is 0.336 e. The predicted molar refractivity (Wildman–Crippen MR) is 116 cm³/mol. The van der Waals surface area contributed by atoms with Crippen LogP contribution < -0.4 is 9.64 Å². The van der Waals surface area contributed by atoms with Crippen molar-refractivity contribution in [2.75, 3.05) is 11.5 Å². The second kappa shape index (κ2) is 7.45. The van der Waals surface area contributed by atoms with Gasteiger partial charge >= 0.3 is 5.97 Å². The molecule has 0 unspecified atom stereocenters. The van der Waals surface area contributed by atoms with Crippen molar-refractivity contribution >= 4 is 27.6 Å². The maximum Gasteiger partial charge on any atom is 0.336 e. The van der Waals surface area contributed by atoms with Gasteiger partial charge in [0.1, 0.15) is 5.75 Å². The first-order valence-corrected chi connectivity index (χ1v) is 10.6. The van der Waals surface area contributed by atoms with E-state index >= 15 is 0 Å². The van der Waals surface area contributed by atoms with Gasteiger partial charge in [-0.1, -0.05) is 64.5 Å². The monoisotopic (exact) mass is 465 g/mol. The fraction of sp³-hybridized carbons (Fsp3) is 0.208. The number of hydrogen-bond donors (Lipinski definition) is 0. The van der Waals surface area contributed by atoms with E-state index in [1.54, 1.807) is 6.92 Å². The van der Waals surface area contributed by atoms with E-state index in [-0.39, 0.29) is 12.6 Å². The molecule has 6 heteroatoms. The van der Waals surface area contributed by atoms with Gasteiger partial charge < -0.3 is 19.1 Å². The Morgan fingerprint density at radius 2 is 1.73 bits per heavy atom. The van der Waals surface area contributed by atoms with Crippen LogP contribution in [0.1, 0.15) is 24.3 Å². The molecule has 2 bridgehead atoms. The van der Waals surface area contributed by atoms with Gasteiger partial charge in [-0.15, -0.1) is 0 Å². The largest absolute Gasteiger partial charge is 0.464 e. The lowest BCUT2D eigenvalue weighted by molar-refractivity contribution is -0.209. The number of halogens is 1. The van der Waals surface area contributed by atoms with Gasteiger partial charge in [0, 0.05) is 21.3 Å². The van der Waals surface area contributed by atoms with Crippen LogP contribution in [0.15, 0.2) is 83.3 Å². The number of carbonyl (C=O) groups is 1. The molecule has 0 radical (unpaired) electrons. The molecule has 3 aromatic rings. The van der Waals surface area contributed by atoms with Crippen molar-refractivity contribution in [3.05, 3.63) is 94.5 Å². The van der Waals surface area contributed by atoms with E-state index in [0.29, 0.717) is 5.75 Å². The van der Waals surface area contributed by atoms with E-state index < -0.39 is 18.1 Å². The number of nitrogens with zero attached hydrogens (tertiary/aromatic N) is 1. The minimum absolute atomic E-state index is 0.270. The number of anilines is 1. The van der Waals surface area contributed by atoms with E-state index in [1.807, 2.05) is 83.8 Å². The van der Waals surface area contributed by atoms with Crippen molar-refractivity contribution in [2.45, 2.75) is 25.0 Å². The van der Waals surface area contributed by atoms with Crippen molar-refractivity contribution in [1.82, 2.24) is 0 Å². The number of esters is 1. The summed E-state index contributed by atoms with van der Waals surface area (Å²) < 4.78 is 19.5. The lowest BCUT2D eigenvalue weighted by Crippen LogP contribution is -2.52. The van der Waals surface area contributed by atoms with Crippen LogP contribution in [0.25, 0.3) is 0 Å². The SMILES string of the molecule is CCOC(=O)[C@@H]1N(c2ccc(Br)cc2)[C@H]2O[C@]1(c1ccccc1)Oc1ccccc12. The molecule has 3 atom stereocenters. The van der Waals surface area contributed by atoms with Gasteiger partial charge in [0.25, 0.3) is 5.79 Å². The molecule has 0 aromatic heterocycles. The summed E-state index contributed by atoms with van der Waals surface area (Å²) in [6.07, 6.45) is -0.495. The van der Waals surface area contributed by atoms with Crippen LogP contribution in [0.4, 0.5) is 5.69 Å². The molecule has 0 amide bonds. The summed E-state index contributed by atoms with van der Waals surface area (Å²) in [6.45, 7) is 2.07. The Kier molecular flexibility index (Phi) is 4.76. The maximum absolute atomic E-state index is 13.3. The Hall–Kier alpha value is -2.83. The molecule has 30 heavy (non-hydrogen) atoms. The summed E-state index contributed by atoms with van der Waals surface area (Å²) >= 11 is 3.49. The van der Waals surface area contributed by atoms with E-state index in [2.05, 4.69) is 15.9 Å². The van der Waals surface area contributed by atoms with Crippen LogP contribution in [-0.4, -0.2) is 18.6 Å². The van der Waals surface area contributed by atoms with E-state index in [4.69, 9.17) is 14.2 Å². The molecule has 0 aliphatic carbocycles. The Morgan fingerprint density at radius 1 is 1.03 bits per heavy atom. The van der Waals surface area contributed by atoms with Gasteiger partial charge in [0.05, 0.1) is 6.61 Å². The molecular weight excluding hydrogens is 446 g/mol. The zero-order chi connectivity index (χ0) is 20.7. The number of benzene rings is 3. The van der Waals surface area contributed by atoms with Crippen molar-refractivity contribution < 1.29 is 19.0 Å². The fourth-order valence-electron chi connectivity index (χ4n) is 4.18. The summed E-state index contributed by atoms with van der Waals surface area (Å²) in [5, 5.41) is 0. The van der Waals surface area contributed by atoms with Crippen LogP contribution in [0.2, 0.25) is 0 Å². The molecule has 0 N–H and O–H groups in total. The number of hydrogen-bond acceptors (Lipinski definition) is 5. The first-order valence-electron chi connectivity index (χ1n) is 9.86. The highest BCUT2D eigenvalue weighted by molar-refractivity contribution is 9.10. The summed E-state index contributed by atoms with van der Waals surface area (Å²) in [7, 11) is 0. The fourth-order valence-corrected chi connectivity index (χ4v) is 4.45. The second-order valence-electron chi connectivity index (χ2n) is 7.18. The van der Waals surface area contributed by atoms with E-state index in [0.717, 1.165) is 21.3 Å². The number of ether oxygens (including phenoxy) is 3. The second-order valence-corrected chi connectivity index (χ2v) is 8.10. The number of carbonyl (C=O) groups excluding carboxylic acids is 1. The van der Waals surface area contributed by atoms with Gasteiger partial charge in [-0.05, 0) is 37.3 Å². The molecule has 0 spiro atoms. The average Bonchev–Trinajstić information content (AvgIpc) is 3.06. The van der Waals surface area contributed by atoms with Crippen LogP contribution in [0.3, 0.4) is 0 Å². The zero-order valence-corrected chi connectivity index (χ0v) is 17.9. The third kappa shape index (κ3) is 2.90. The highest BCUT2D eigenvalue weighted by atomic mass is 79.9. The third-order valence-electron chi connectivity index (χ3n) is 5.43. The molecule has 2 heterocycles.